The van der Waals surface area contributed by atoms with Gasteiger partial charge in [-0.05, 0) is 50.3 Å². The zero-order valence-corrected chi connectivity index (χ0v) is 10.0. The lowest BCUT2D eigenvalue weighted by molar-refractivity contribution is 0.741. The molecule has 1 saturated carbocycles. The molecule has 2 nitrogen and oxygen atoms in total. The van der Waals surface area contributed by atoms with Crippen LogP contribution in [0.4, 0.5) is 5.69 Å². The molecule has 2 heteroatoms. The van der Waals surface area contributed by atoms with Crippen LogP contribution in [0.1, 0.15) is 30.9 Å². The van der Waals surface area contributed by atoms with Gasteiger partial charge in [-0.15, -0.1) is 0 Å². The van der Waals surface area contributed by atoms with E-state index in [4.69, 9.17) is 5.26 Å². The van der Waals surface area contributed by atoms with Gasteiger partial charge < -0.3 is 4.90 Å². The molecule has 0 atom stereocenters. The molecule has 1 aliphatic rings. The predicted molar refractivity (Wildman–Crippen MR) is 66.5 cm³/mol. The quantitative estimate of drug-likeness (QED) is 0.770. The lowest BCUT2D eigenvalue weighted by atomic mass is 10.1. The Labute approximate surface area is 97.5 Å². The Balaban J connectivity index is 2.27. The fourth-order valence-corrected chi connectivity index (χ4v) is 2.01. The Hall–Kier alpha value is -1.49. The van der Waals surface area contributed by atoms with Crippen LogP contribution in [-0.2, 0) is 0 Å². The SMILES string of the molecule is CCN(CC1CC1)c1cc(C)ccc1C#N. The van der Waals surface area contributed by atoms with Crippen molar-refractivity contribution >= 4 is 5.69 Å². The van der Waals surface area contributed by atoms with Crippen LogP contribution in [0.3, 0.4) is 0 Å². The summed E-state index contributed by atoms with van der Waals surface area (Å²) in [6.07, 6.45) is 2.70. The van der Waals surface area contributed by atoms with Gasteiger partial charge >= 0.3 is 0 Å². The predicted octanol–water partition coefficient (Wildman–Crippen LogP) is 3.10. The lowest BCUT2D eigenvalue weighted by Crippen LogP contribution is -2.26. The van der Waals surface area contributed by atoms with Crippen molar-refractivity contribution in [3.05, 3.63) is 29.3 Å². The van der Waals surface area contributed by atoms with Crippen LogP contribution in [0.15, 0.2) is 18.2 Å². The molecule has 1 aliphatic carbocycles. The third kappa shape index (κ3) is 2.36. The van der Waals surface area contributed by atoms with E-state index in [0.29, 0.717) is 0 Å². The molecule has 0 N–H and O–H groups in total. The summed E-state index contributed by atoms with van der Waals surface area (Å²) in [4.78, 5) is 2.34. The van der Waals surface area contributed by atoms with Crippen LogP contribution in [0.2, 0.25) is 0 Å². The number of aryl methyl sites for hydroxylation is 1. The van der Waals surface area contributed by atoms with Gasteiger partial charge in [0.15, 0.2) is 0 Å². The number of benzene rings is 1. The van der Waals surface area contributed by atoms with E-state index in [0.717, 1.165) is 30.3 Å². The Morgan fingerprint density at radius 3 is 2.75 bits per heavy atom. The Morgan fingerprint density at radius 1 is 1.44 bits per heavy atom. The van der Waals surface area contributed by atoms with Gasteiger partial charge in [0.05, 0.1) is 11.3 Å². The van der Waals surface area contributed by atoms with Gasteiger partial charge in [-0.3, -0.25) is 0 Å². The summed E-state index contributed by atoms with van der Waals surface area (Å²) >= 11 is 0. The van der Waals surface area contributed by atoms with Gasteiger partial charge in [-0.25, -0.2) is 0 Å². The molecule has 84 valence electrons. The normalized spacial score (nSPS) is 14.6. The summed E-state index contributed by atoms with van der Waals surface area (Å²) in [5.41, 5.74) is 3.13. The second-order valence-electron chi connectivity index (χ2n) is 4.61. The standard InChI is InChI=1S/C14H18N2/c1-3-16(10-12-5-6-12)14-8-11(2)4-7-13(14)9-15/h4,7-8,12H,3,5-6,10H2,1-2H3. The summed E-state index contributed by atoms with van der Waals surface area (Å²) in [5, 5.41) is 9.13. The van der Waals surface area contributed by atoms with Gasteiger partial charge in [0, 0.05) is 13.1 Å². The van der Waals surface area contributed by atoms with E-state index in [1.807, 2.05) is 12.1 Å². The van der Waals surface area contributed by atoms with Crippen LogP contribution in [0.25, 0.3) is 0 Å². The molecule has 0 spiro atoms. The minimum atomic E-state index is 0.799. The number of hydrogen-bond donors (Lipinski definition) is 0. The van der Waals surface area contributed by atoms with E-state index in [1.54, 1.807) is 0 Å². The van der Waals surface area contributed by atoms with Crippen molar-refractivity contribution in [2.45, 2.75) is 26.7 Å². The first kappa shape index (κ1) is 11.0. The third-order valence-corrected chi connectivity index (χ3v) is 3.17. The number of anilines is 1. The molecule has 1 aromatic rings. The zero-order chi connectivity index (χ0) is 11.5. The van der Waals surface area contributed by atoms with E-state index in [9.17, 15) is 0 Å². The molecule has 16 heavy (non-hydrogen) atoms. The number of rotatable bonds is 4. The highest BCUT2D eigenvalue weighted by atomic mass is 15.1. The van der Waals surface area contributed by atoms with Crippen molar-refractivity contribution in [1.82, 2.24) is 0 Å². The second-order valence-corrected chi connectivity index (χ2v) is 4.61. The van der Waals surface area contributed by atoms with Crippen LogP contribution in [-0.4, -0.2) is 13.1 Å². The smallest absolute Gasteiger partial charge is 0.101 e. The highest BCUT2D eigenvalue weighted by molar-refractivity contribution is 5.60. The van der Waals surface area contributed by atoms with Crippen molar-refractivity contribution in [3.63, 3.8) is 0 Å². The maximum Gasteiger partial charge on any atom is 0.101 e. The molecular formula is C14H18N2. The summed E-state index contributed by atoms with van der Waals surface area (Å²) in [6, 6.07) is 8.36. The lowest BCUT2D eigenvalue weighted by Gasteiger charge is -2.24. The van der Waals surface area contributed by atoms with Crippen LogP contribution in [0, 0.1) is 24.2 Å². The zero-order valence-electron chi connectivity index (χ0n) is 10.0. The Bertz CT molecular complexity index is 413. The topological polar surface area (TPSA) is 27.0 Å². The molecule has 0 unspecified atom stereocenters. The van der Waals surface area contributed by atoms with Crippen molar-refractivity contribution in [1.29, 1.82) is 5.26 Å². The largest absolute Gasteiger partial charge is 0.370 e. The van der Waals surface area contributed by atoms with Crippen molar-refractivity contribution < 1.29 is 0 Å². The summed E-state index contributed by atoms with van der Waals surface area (Å²) in [6.45, 7) is 6.32. The van der Waals surface area contributed by atoms with Gasteiger partial charge in [-0.1, -0.05) is 6.07 Å². The molecule has 0 aromatic heterocycles. The highest BCUT2D eigenvalue weighted by Crippen LogP contribution is 2.32. The molecule has 0 heterocycles. The van der Waals surface area contributed by atoms with Gasteiger partial charge in [0.1, 0.15) is 6.07 Å². The first-order valence-corrected chi connectivity index (χ1v) is 6.00. The average molecular weight is 214 g/mol. The Morgan fingerprint density at radius 2 is 2.19 bits per heavy atom. The maximum atomic E-state index is 9.13. The van der Waals surface area contributed by atoms with Crippen molar-refractivity contribution in [3.8, 4) is 6.07 Å². The molecule has 0 aliphatic heterocycles. The molecule has 2 rings (SSSR count). The molecule has 0 amide bonds. The fraction of sp³-hybridized carbons (Fsp3) is 0.500. The fourth-order valence-electron chi connectivity index (χ4n) is 2.01. The van der Waals surface area contributed by atoms with E-state index in [-0.39, 0.29) is 0 Å². The minimum Gasteiger partial charge on any atom is -0.370 e. The summed E-state index contributed by atoms with van der Waals surface area (Å²) < 4.78 is 0. The second kappa shape index (κ2) is 4.57. The van der Waals surface area contributed by atoms with Crippen molar-refractivity contribution in [2.24, 2.45) is 5.92 Å². The molecular weight excluding hydrogens is 196 g/mol. The first-order chi connectivity index (χ1) is 7.74. The monoisotopic (exact) mass is 214 g/mol. The van der Waals surface area contributed by atoms with E-state index >= 15 is 0 Å². The molecule has 1 aromatic carbocycles. The van der Waals surface area contributed by atoms with Crippen LogP contribution < -0.4 is 4.90 Å². The number of nitriles is 1. The van der Waals surface area contributed by atoms with Crippen molar-refractivity contribution in [2.75, 3.05) is 18.0 Å². The number of hydrogen-bond acceptors (Lipinski definition) is 2. The Kier molecular flexibility index (Phi) is 3.14. The van der Waals surface area contributed by atoms with Gasteiger partial charge in [0.2, 0.25) is 0 Å². The average Bonchev–Trinajstić information content (AvgIpc) is 3.09. The van der Waals surface area contributed by atoms with Gasteiger partial charge in [0.25, 0.3) is 0 Å². The van der Waals surface area contributed by atoms with E-state index in [2.05, 4.69) is 30.9 Å². The summed E-state index contributed by atoms with van der Waals surface area (Å²) in [7, 11) is 0. The van der Waals surface area contributed by atoms with E-state index in [1.165, 1.54) is 18.4 Å². The van der Waals surface area contributed by atoms with Gasteiger partial charge in [-0.2, -0.15) is 5.26 Å². The number of nitrogens with zero attached hydrogens (tertiary/aromatic N) is 2. The summed E-state index contributed by atoms with van der Waals surface area (Å²) in [5.74, 6) is 0.854. The molecule has 0 saturated heterocycles. The first-order valence-electron chi connectivity index (χ1n) is 6.00. The third-order valence-electron chi connectivity index (χ3n) is 3.17. The molecule has 0 radical (unpaired) electrons. The van der Waals surface area contributed by atoms with Crippen LogP contribution in [0.5, 0.6) is 0 Å². The maximum absolute atomic E-state index is 9.13. The minimum absolute atomic E-state index is 0.799. The molecule has 0 bridgehead atoms. The van der Waals surface area contributed by atoms with E-state index < -0.39 is 0 Å². The highest BCUT2D eigenvalue weighted by Gasteiger charge is 2.24. The molecule has 1 fully saturated rings. The van der Waals surface area contributed by atoms with Crippen LogP contribution >= 0.6 is 0 Å².